The Bertz CT molecular complexity index is 510. The van der Waals surface area contributed by atoms with Crippen LogP contribution < -0.4 is 5.32 Å². The molecule has 2 rings (SSSR count). The Labute approximate surface area is 118 Å². The fourth-order valence-corrected chi connectivity index (χ4v) is 3.31. The Kier molecular flexibility index (Phi) is 5.79. The number of rotatable bonds is 8. The van der Waals surface area contributed by atoms with E-state index in [1.807, 2.05) is 18.4 Å². The highest BCUT2D eigenvalue weighted by Crippen LogP contribution is 2.31. The van der Waals surface area contributed by atoms with Gasteiger partial charge in [-0.25, -0.2) is 0 Å². The minimum atomic E-state index is 0.685. The Balaban J connectivity index is 2.08. The summed E-state index contributed by atoms with van der Waals surface area (Å²) in [7, 11) is 3.70. The maximum Gasteiger partial charge on any atom is 0.0734 e. The standard InChI is InChI=1S/C15H21NO2S/c1-16-10-15-13(11-18-9-5-8-17-2)12-6-3-4-7-14(12)19-15/h3-4,6-7,16H,5,8-11H2,1-2H3. The molecule has 0 fully saturated rings. The van der Waals surface area contributed by atoms with E-state index in [0.29, 0.717) is 6.61 Å². The first-order valence-corrected chi connectivity index (χ1v) is 7.39. The fraction of sp³-hybridized carbons (Fsp3) is 0.467. The first kappa shape index (κ1) is 14.5. The molecule has 1 aromatic heterocycles. The summed E-state index contributed by atoms with van der Waals surface area (Å²) in [6, 6.07) is 8.53. The van der Waals surface area contributed by atoms with Gasteiger partial charge in [-0.2, -0.15) is 0 Å². The van der Waals surface area contributed by atoms with Gasteiger partial charge < -0.3 is 14.8 Å². The van der Waals surface area contributed by atoms with E-state index in [0.717, 1.165) is 26.2 Å². The lowest BCUT2D eigenvalue weighted by atomic mass is 10.1. The molecule has 0 spiro atoms. The van der Waals surface area contributed by atoms with Crippen molar-refractivity contribution in [3.8, 4) is 0 Å². The van der Waals surface area contributed by atoms with Crippen LogP contribution in [0, 0.1) is 0 Å². The van der Waals surface area contributed by atoms with E-state index < -0.39 is 0 Å². The molecule has 0 aliphatic carbocycles. The molecule has 0 saturated heterocycles. The van der Waals surface area contributed by atoms with Crippen molar-refractivity contribution in [1.82, 2.24) is 5.32 Å². The van der Waals surface area contributed by atoms with Gasteiger partial charge in [0.2, 0.25) is 0 Å². The topological polar surface area (TPSA) is 30.5 Å². The van der Waals surface area contributed by atoms with Gasteiger partial charge in [0.1, 0.15) is 0 Å². The predicted octanol–water partition coefficient (Wildman–Crippen LogP) is 3.17. The number of ether oxygens (including phenoxy) is 2. The van der Waals surface area contributed by atoms with E-state index in [1.165, 1.54) is 20.5 Å². The highest BCUT2D eigenvalue weighted by atomic mass is 32.1. The first-order valence-electron chi connectivity index (χ1n) is 6.57. The van der Waals surface area contributed by atoms with E-state index in [1.54, 1.807) is 7.11 Å². The summed E-state index contributed by atoms with van der Waals surface area (Å²) in [5.41, 5.74) is 1.33. The van der Waals surface area contributed by atoms with Crippen LogP contribution >= 0.6 is 11.3 Å². The molecule has 104 valence electrons. The molecule has 2 aromatic rings. The van der Waals surface area contributed by atoms with Gasteiger partial charge >= 0.3 is 0 Å². The van der Waals surface area contributed by atoms with Crippen LogP contribution in [0.1, 0.15) is 16.9 Å². The normalized spacial score (nSPS) is 11.3. The van der Waals surface area contributed by atoms with Crippen molar-refractivity contribution in [1.29, 1.82) is 0 Å². The van der Waals surface area contributed by atoms with Crippen molar-refractivity contribution < 1.29 is 9.47 Å². The fourth-order valence-electron chi connectivity index (χ4n) is 2.09. The van der Waals surface area contributed by atoms with Crippen LogP contribution in [-0.2, 0) is 22.6 Å². The minimum absolute atomic E-state index is 0.685. The quantitative estimate of drug-likeness (QED) is 0.753. The Hall–Kier alpha value is -0.940. The van der Waals surface area contributed by atoms with Gasteiger partial charge in [0.25, 0.3) is 0 Å². The maximum atomic E-state index is 5.77. The lowest BCUT2D eigenvalue weighted by Crippen LogP contribution is -2.06. The number of hydrogen-bond donors (Lipinski definition) is 1. The third kappa shape index (κ3) is 3.76. The maximum absolute atomic E-state index is 5.77. The number of fused-ring (bicyclic) bond motifs is 1. The van der Waals surface area contributed by atoms with Crippen molar-refractivity contribution in [3.63, 3.8) is 0 Å². The average molecular weight is 279 g/mol. The molecule has 0 radical (unpaired) electrons. The number of thiophene rings is 1. The molecule has 0 amide bonds. The van der Waals surface area contributed by atoms with Crippen LogP contribution in [0.15, 0.2) is 24.3 Å². The predicted molar refractivity (Wildman–Crippen MR) is 80.7 cm³/mol. The van der Waals surface area contributed by atoms with Crippen LogP contribution in [0.25, 0.3) is 10.1 Å². The molecule has 0 aliphatic heterocycles. The van der Waals surface area contributed by atoms with Gasteiger partial charge in [-0.1, -0.05) is 18.2 Å². The summed E-state index contributed by atoms with van der Waals surface area (Å²) in [4.78, 5) is 1.37. The Morgan fingerprint density at radius 3 is 2.84 bits per heavy atom. The third-order valence-electron chi connectivity index (χ3n) is 3.00. The second-order valence-corrected chi connectivity index (χ2v) is 5.57. The minimum Gasteiger partial charge on any atom is -0.385 e. The van der Waals surface area contributed by atoms with E-state index in [2.05, 4.69) is 29.6 Å². The van der Waals surface area contributed by atoms with Crippen LogP contribution in [0.5, 0.6) is 0 Å². The molecule has 1 heterocycles. The van der Waals surface area contributed by atoms with E-state index >= 15 is 0 Å². The number of methoxy groups -OCH3 is 1. The van der Waals surface area contributed by atoms with E-state index in [9.17, 15) is 0 Å². The second-order valence-electron chi connectivity index (χ2n) is 4.43. The lowest BCUT2D eigenvalue weighted by molar-refractivity contribution is 0.0932. The zero-order valence-electron chi connectivity index (χ0n) is 11.6. The Morgan fingerprint density at radius 2 is 2.05 bits per heavy atom. The van der Waals surface area contributed by atoms with Gasteiger partial charge in [-0.3, -0.25) is 0 Å². The van der Waals surface area contributed by atoms with E-state index in [4.69, 9.17) is 9.47 Å². The molecule has 1 aromatic carbocycles. The lowest BCUT2D eigenvalue weighted by Gasteiger charge is -2.06. The molecule has 1 N–H and O–H groups in total. The molecule has 0 aliphatic rings. The van der Waals surface area contributed by atoms with Gasteiger partial charge in [0.15, 0.2) is 0 Å². The first-order chi connectivity index (χ1) is 9.36. The molecular weight excluding hydrogens is 258 g/mol. The Morgan fingerprint density at radius 1 is 1.21 bits per heavy atom. The summed E-state index contributed by atoms with van der Waals surface area (Å²) in [5, 5.41) is 4.55. The average Bonchev–Trinajstić information content (AvgIpc) is 2.77. The summed E-state index contributed by atoms with van der Waals surface area (Å²) in [6.07, 6.45) is 0.944. The smallest absolute Gasteiger partial charge is 0.0734 e. The molecule has 19 heavy (non-hydrogen) atoms. The third-order valence-corrected chi connectivity index (χ3v) is 4.22. The summed E-state index contributed by atoms with van der Waals surface area (Å²) in [6.45, 7) is 3.09. The number of nitrogens with one attached hydrogen (secondary N) is 1. The largest absolute Gasteiger partial charge is 0.385 e. The zero-order chi connectivity index (χ0) is 13.5. The van der Waals surface area contributed by atoms with Crippen LogP contribution in [-0.4, -0.2) is 27.4 Å². The second kappa shape index (κ2) is 7.60. The molecule has 0 unspecified atom stereocenters. The number of hydrogen-bond acceptors (Lipinski definition) is 4. The van der Waals surface area contributed by atoms with Gasteiger partial charge in [-0.15, -0.1) is 11.3 Å². The van der Waals surface area contributed by atoms with Gasteiger partial charge in [0, 0.05) is 42.0 Å². The van der Waals surface area contributed by atoms with Crippen molar-refractivity contribution in [2.24, 2.45) is 0 Å². The van der Waals surface area contributed by atoms with Crippen LogP contribution in [0.3, 0.4) is 0 Å². The van der Waals surface area contributed by atoms with Gasteiger partial charge in [-0.05, 0) is 24.9 Å². The van der Waals surface area contributed by atoms with Crippen LogP contribution in [0.4, 0.5) is 0 Å². The molecule has 3 nitrogen and oxygen atoms in total. The van der Waals surface area contributed by atoms with Crippen molar-refractivity contribution in [2.75, 3.05) is 27.4 Å². The van der Waals surface area contributed by atoms with Crippen molar-refractivity contribution in [2.45, 2.75) is 19.6 Å². The molecule has 0 atom stereocenters. The highest BCUT2D eigenvalue weighted by Gasteiger charge is 2.11. The molecule has 0 saturated carbocycles. The van der Waals surface area contributed by atoms with Crippen LogP contribution in [0.2, 0.25) is 0 Å². The molecule has 4 heteroatoms. The summed E-state index contributed by atoms with van der Waals surface area (Å²) >= 11 is 1.85. The monoisotopic (exact) mass is 279 g/mol. The summed E-state index contributed by atoms with van der Waals surface area (Å²) in [5.74, 6) is 0. The summed E-state index contributed by atoms with van der Waals surface area (Å²) < 4.78 is 12.1. The highest BCUT2D eigenvalue weighted by molar-refractivity contribution is 7.19. The number of benzene rings is 1. The molecular formula is C15H21NO2S. The van der Waals surface area contributed by atoms with E-state index in [-0.39, 0.29) is 0 Å². The van der Waals surface area contributed by atoms with Gasteiger partial charge in [0.05, 0.1) is 6.61 Å². The zero-order valence-corrected chi connectivity index (χ0v) is 12.4. The SMILES string of the molecule is CNCc1sc2ccccc2c1COCCCOC. The molecule has 0 bridgehead atoms. The van der Waals surface area contributed by atoms with Crippen molar-refractivity contribution >= 4 is 21.4 Å². The van der Waals surface area contributed by atoms with Crippen molar-refractivity contribution in [3.05, 3.63) is 34.7 Å².